The van der Waals surface area contributed by atoms with Gasteiger partial charge in [-0.25, -0.2) is 4.79 Å². The van der Waals surface area contributed by atoms with Crippen LogP contribution in [0.25, 0.3) is 0 Å². The molecule has 0 atom stereocenters. The number of hydrogen-bond donors (Lipinski definition) is 1. The molecule has 4 heteroatoms. The van der Waals surface area contributed by atoms with Crippen molar-refractivity contribution in [3.8, 4) is 0 Å². The molecule has 72 valence electrons. The molecule has 1 amide bonds. The molecule has 0 fully saturated rings. The molecule has 0 bridgehead atoms. The fraction of sp³-hybridized carbons (Fsp3) is 0.100. The molecule has 0 unspecified atom stereocenters. The summed E-state index contributed by atoms with van der Waals surface area (Å²) in [6.45, 7) is 0. The maximum Gasteiger partial charge on any atom is 0.416 e. The largest absolute Gasteiger partial charge is 0.464 e. The van der Waals surface area contributed by atoms with Crippen LogP contribution in [-0.4, -0.2) is 11.2 Å². The Bertz CT molecular complexity index is 415. The molecule has 1 aromatic rings. The number of benzene rings is 1. The van der Waals surface area contributed by atoms with Crippen LogP contribution in [0.1, 0.15) is 5.56 Å². The molecular weight excluding hydrogens is 246 g/mol. The number of carboxylic acid groups (broad SMARTS) is 1. The predicted octanol–water partition coefficient (Wildman–Crippen LogP) is 3.00. The van der Waals surface area contributed by atoms with E-state index >= 15 is 0 Å². The minimum absolute atomic E-state index is 0.725. The van der Waals surface area contributed by atoms with Crippen molar-refractivity contribution in [2.45, 2.75) is 6.42 Å². The van der Waals surface area contributed by atoms with Crippen LogP contribution in [-0.2, 0) is 6.42 Å². The molecule has 0 saturated heterocycles. The number of halogens is 1. The molecule has 1 aromatic carbocycles. The van der Waals surface area contributed by atoms with Crippen LogP contribution in [0, 0.1) is 0 Å². The van der Waals surface area contributed by atoms with E-state index in [0.29, 0.717) is 0 Å². The van der Waals surface area contributed by atoms with Crippen LogP contribution in [0.3, 0.4) is 0 Å². The summed E-state index contributed by atoms with van der Waals surface area (Å²) in [6, 6.07) is 5.68. The van der Waals surface area contributed by atoms with Crippen LogP contribution in [0.5, 0.6) is 0 Å². The van der Waals surface area contributed by atoms with Crippen LogP contribution in [0.4, 0.5) is 10.5 Å². The SMILES string of the molecule is O=C(O)N1C=CCc2cccc(Br)c21. The standard InChI is InChI=1S/C10H8BrNO2/c11-8-5-1-3-7-4-2-6-12(9(7)8)10(13)14/h1-3,5-6H,4H2,(H,13,14). The topological polar surface area (TPSA) is 40.5 Å². The Morgan fingerprint density at radius 3 is 3.00 bits per heavy atom. The number of allylic oxidation sites excluding steroid dienone is 1. The van der Waals surface area contributed by atoms with Gasteiger partial charge in [-0.05, 0) is 34.0 Å². The van der Waals surface area contributed by atoms with Crippen molar-refractivity contribution < 1.29 is 9.90 Å². The highest BCUT2D eigenvalue weighted by atomic mass is 79.9. The van der Waals surface area contributed by atoms with E-state index in [2.05, 4.69) is 15.9 Å². The second-order valence-electron chi connectivity index (χ2n) is 2.99. The maximum atomic E-state index is 10.9. The lowest BCUT2D eigenvalue weighted by molar-refractivity contribution is 0.204. The lowest BCUT2D eigenvalue weighted by Crippen LogP contribution is -2.26. The molecule has 0 aliphatic carbocycles. The average Bonchev–Trinajstić information content (AvgIpc) is 2.17. The number of carbonyl (C=O) groups is 1. The summed E-state index contributed by atoms with van der Waals surface area (Å²) in [7, 11) is 0. The number of amides is 1. The van der Waals surface area contributed by atoms with Gasteiger partial charge in [0.05, 0.1) is 5.69 Å². The van der Waals surface area contributed by atoms with E-state index in [1.165, 1.54) is 4.90 Å². The van der Waals surface area contributed by atoms with Gasteiger partial charge >= 0.3 is 6.09 Å². The minimum atomic E-state index is -0.964. The van der Waals surface area contributed by atoms with Gasteiger partial charge in [0.25, 0.3) is 0 Å². The van der Waals surface area contributed by atoms with Gasteiger partial charge in [-0.15, -0.1) is 0 Å². The second-order valence-corrected chi connectivity index (χ2v) is 3.84. The third-order valence-corrected chi connectivity index (χ3v) is 2.75. The molecular formula is C10H8BrNO2. The fourth-order valence-corrected chi connectivity index (χ4v) is 2.11. The molecule has 0 radical (unpaired) electrons. The van der Waals surface area contributed by atoms with E-state index in [4.69, 9.17) is 5.11 Å². The summed E-state index contributed by atoms with van der Waals surface area (Å²) in [5, 5.41) is 8.96. The van der Waals surface area contributed by atoms with E-state index in [-0.39, 0.29) is 0 Å². The molecule has 3 nitrogen and oxygen atoms in total. The Labute approximate surface area is 89.8 Å². The highest BCUT2D eigenvalue weighted by molar-refractivity contribution is 9.10. The molecule has 2 rings (SSSR count). The Morgan fingerprint density at radius 1 is 1.50 bits per heavy atom. The zero-order valence-electron chi connectivity index (χ0n) is 7.27. The normalized spacial score (nSPS) is 13.9. The van der Waals surface area contributed by atoms with E-state index in [1.54, 1.807) is 6.20 Å². The van der Waals surface area contributed by atoms with Gasteiger partial charge in [0.2, 0.25) is 0 Å². The summed E-state index contributed by atoms with van der Waals surface area (Å²) < 4.78 is 0.807. The van der Waals surface area contributed by atoms with Crippen molar-refractivity contribution in [1.82, 2.24) is 0 Å². The molecule has 1 aliphatic rings. The number of fused-ring (bicyclic) bond motifs is 1. The van der Waals surface area contributed by atoms with E-state index in [1.807, 2.05) is 24.3 Å². The molecule has 1 aliphatic heterocycles. The van der Waals surface area contributed by atoms with E-state index in [9.17, 15) is 4.79 Å². The van der Waals surface area contributed by atoms with Crippen molar-refractivity contribution in [1.29, 1.82) is 0 Å². The Balaban J connectivity index is 2.57. The quantitative estimate of drug-likeness (QED) is 0.773. The fourth-order valence-electron chi connectivity index (χ4n) is 1.51. The van der Waals surface area contributed by atoms with Crippen molar-refractivity contribution in [2.75, 3.05) is 4.90 Å². The summed E-state index contributed by atoms with van der Waals surface area (Å²) in [6.07, 6.45) is 3.23. The number of rotatable bonds is 0. The van der Waals surface area contributed by atoms with Crippen molar-refractivity contribution in [2.24, 2.45) is 0 Å². The first-order valence-corrected chi connectivity index (χ1v) is 4.95. The van der Waals surface area contributed by atoms with E-state index < -0.39 is 6.09 Å². The van der Waals surface area contributed by atoms with Crippen molar-refractivity contribution >= 4 is 27.7 Å². The predicted molar refractivity (Wildman–Crippen MR) is 57.5 cm³/mol. The van der Waals surface area contributed by atoms with E-state index in [0.717, 1.165) is 22.1 Å². The zero-order valence-corrected chi connectivity index (χ0v) is 8.86. The van der Waals surface area contributed by atoms with Gasteiger partial charge in [0, 0.05) is 10.7 Å². The summed E-state index contributed by atoms with van der Waals surface area (Å²) in [4.78, 5) is 12.1. The third kappa shape index (κ3) is 1.42. The van der Waals surface area contributed by atoms with Gasteiger partial charge in [0.1, 0.15) is 0 Å². The van der Waals surface area contributed by atoms with Crippen molar-refractivity contribution in [3.63, 3.8) is 0 Å². The smallest absolute Gasteiger partial charge is 0.416 e. The summed E-state index contributed by atoms with van der Waals surface area (Å²) in [5.74, 6) is 0. The second kappa shape index (κ2) is 3.46. The van der Waals surface area contributed by atoms with Crippen LogP contribution in [0.15, 0.2) is 34.9 Å². The summed E-state index contributed by atoms with van der Waals surface area (Å²) >= 11 is 3.35. The first-order chi connectivity index (χ1) is 6.70. The van der Waals surface area contributed by atoms with Crippen LogP contribution < -0.4 is 4.90 Å². The number of nitrogens with zero attached hydrogens (tertiary/aromatic N) is 1. The summed E-state index contributed by atoms with van der Waals surface area (Å²) in [5.41, 5.74) is 1.74. The Morgan fingerprint density at radius 2 is 2.29 bits per heavy atom. The maximum absolute atomic E-state index is 10.9. The molecule has 1 N–H and O–H groups in total. The third-order valence-electron chi connectivity index (χ3n) is 2.11. The Kier molecular flexibility index (Phi) is 2.29. The average molecular weight is 254 g/mol. The molecule has 0 spiro atoms. The van der Waals surface area contributed by atoms with Crippen LogP contribution in [0.2, 0.25) is 0 Å². The molecule has 1 heterocycles. The number of para-hydroxylation sites is 1. The molecule has 0 saturated carbocycles. The number of hydrogen-bond acceptors (Lipinski definition) is 1. The monoisotopic (exact) mass is 253 g/mol. The lowest BCUT2D eigenvalue weighted by atomic mass is 10.1. The van der Waals surface area contributed by atoms with Gasteiger partial charge in [-0.2, -0.15) is 0 Å². The van der Waals surface area contributed by atoms with Gasteiger partial charge < -0.3 is 5.11 Å². The Hall–Kier alpha value is -1.29. The molecule has 0 aromatic heterocycles. The first-order valence-electron chi connectivity index (χ1n) is 4.16. The lowest BCUT2D eigenvalue weighted by Gasteiger charge is -2.22. The number of anilines is 1. The van der Waals surface area contributed by atoms with Crippen LogP contribution >= 0.6 is 15.9 Å². The highest BCUT2D eigenvalue weighted by Crippen LogP contribution is 2.33. The van der Waals surface area contributed by atoms with Gasteiger partial charge in [-0.3, -0.25) is 4.90 Å². The molecule has 14 heavy (non-hydrogen) atoms. The first kappa shape index (κ1) is 9.27. The van der Waals surface area contributed by atoms with Gasteiger partial charge in [0.15, 0.2) is 0 Å². The highest BCUT2D eigenvalue weighted by Gasteiger charge is 2.20. The van der Waals surface area contributed by atoms with Gasteiger partial charge in [-0.1, -0.05) is 18.2 Å². The van der Waals surface area contributed by atoms with Crippen molar-refractivity contribution in [3.05, 3.63) is 40.5 Å². The zero-order chi connectivity index (χ0) is 10.1. The minimum Gasteiger partial charge on any atom is -0.464 e.